The molecule has 10 atom stereocenters. The molecule has 0 aromatic carbocycles. The second kappa shape index (κ2) is 12.2. The average molecular weight is 599 g/mol. The largest absolute Gasteiger partial charge is 0.332 e. The van der Waals surface area contributed by atoms with Crippen molar-refractivity contribution in [3.8, 4) is 6.07 Å². The topological polar surface area (TPSA) is 131 Å². The van der Waals surface area contributed by atoms with Gasteiger partial charge in [0.1, 0.15) is 12.3 Å². The van der Waals surface area contributed by atoms with Crippen molar-refractivity contribution in [2.24, 2.45) is 17.8 Å². The minimum atomic E-state index is -1.20. The van der Waals surface area contributed by atoms with Gasteiger partial charge in [0, 0.05) is 37.3 Å². The van der Waals surface area contributed by atoms with Crippen LogP contribution in [-0.4, -0.2) is 100 Å². The first-order chi connectivity index (χ1) is 20.7. The molecule has 5 saturated heterocycles. The van der Waals surface area contributed by atoms with Crippen molar-refractivity contribution in [3.05, 3.63) is 24.6 Å². The molecule has 0 spiro atoms. The highest BCUT2D eigenvalue weighted by Gasteiger charge is 2.56. The van der Waals surface area contributed by atoms with Gasteiger partial charge in [-0.15, -0.1) is 5.53 Å². The molecular weight excluding hydrogens is 551 g/mol. The third kappa shape index (κ3) is 5.36. The van der Waals surface area contributed by atoms with Gasteiger partial charge in [0.2, 0.25) is 5.91 Å². The summed E-state index contributed by atoms with van der Waals surface area (Å²) in [7, 11) is 0. The van der Waals surface area contributed by atoms with Crippen molar-refractivity contribution in [1.29, 1.82) is 5.26 Å². The van der Waals surface area contributed by atoms with E-state index in [1.54, 1.807) is 4.90 Å². The van der Waals surface area contributed by atoms with E-state index in [4.69, 9.17) is 0 Å². The number of carbonyl (C=O) groups excluding carboxylic acids is 2. The third-order valence-electron chi connectivity index (χ3n) is 10.6. The van der Waals surface area contributed by atoms with Crippen LogP contribution in [0.25, 0.3) is 0 Å². The third-order valence-corrected chi connectivity index (χ3v) is 10.6. The number of allylic oxidation sites excluding steroid dienone is 1. The fourth-order valence-electron chi connectivity index (χ4n) is 8.62. The summed E-state index contributed by atoms with van der Waals surface area (Å²) in [6.45, 7) is 11.8. The van der Waals surface area contributed by atoms with E-state index >= 15 is 4.39 Å². The lowest BCUT2D eigenvalue weighted by Crippen LogP contribution is -2.80. The van der Waals surface area contributed by atoms with Gasteiger partial charge in [0.15, 0.2) is 0 Å². The van der Waals surface area contributed by atoms with E-state index < -0.39 is 24.7 Å². The Morgan fingerprint density at radius 1 is 1.26 bits per heavy atom. The summed E-state index contributed by atoms with van der Waals surface area (Å²) >= 11 is 0. The van der Waals surface area contributed by atoms with Gasteiger partial charge in [0.05, 0.1) is 42.6 Å². The van der Waals surface area contributed by atoms with Crippen LogP contribution in [0.2, 0.25) is 0 Å². The highest BCUT2D eigenvalue weighted by molar-refractivity contribution is 5.87. The van der Waals surface area contributed by atoms with Crippen molar-refractivity contribution >= 4 is 11.9 Å². The Kier molecular flexibility index (Phi) is 8.56. The van der Waals surface area contributed by atoms with E-state index in [1.165, 1.54) is 6.08 Å². The normalized spacial score (nSPS) is 39.9. The molecule has 12 nitrogen and oxygen atoms in total. The molecule has 2 bridgehead atoms. The molecule has 5 N–H and O–H groups in total. The van der Waals surface area contributed by atoms with Crippen LogP contribution < -0.4 is 26.9 Å². The second-order valence-corrected chi connectivity index (χ2v) is 13.4. The number of hydrogen-bond donors (Lipinski definition) is 5. The smallest absolute Gasteiger partial charge is 0.320 e. The minimum absolute atomic E-state index is 0.0367. The summed E-state index contributed by atoms with van der Waals surface area (Å²) in [5, 5.41) is 22.2. The average Bonchev–Trinajstić information content (AvgIpc) is 3.44. The number of halogens is 1. The van der Waals surface area contributed by atoms with E-state index in [0.29, 0.717) is 24.9 Å². The molecule has 6 aliphatic heterocycles. The number of piperidine rings is 2. The van der Waals surface area contributed by atoms with Gasteiger partial charge in [-0.2, -0.15) is 5.26 Å². The molecule has 13 heteroatoms. The molecule has 3 amide bonds. The monoisotopic (exact) mass is 598 g/mol. The summed E-state index contributed by atoms with van der Waals surface area (Å²) in [5.41, 5.74) is 7.23. The maximum Gasteiger partial charge on any atom is 0.320 e. The first kappa shape index (κ1) is 30.1. The molecule has 0 aromatic heterocycles. The molecule has 0 aromatic rings. The van der Waals surface area contributed by atoms with Crippen LogP contribution in [-0.2, 0) is 4.79 Å². The van der Waals surface area contributed by atoms with Gasteiger partial charge >= 0.3 is 6.03 Å². The lowest BCUT2D eigenvalue weighted by atomic mass is 9.76. The van der Waals surface area contributed by atoms with E-state index in [2.05, 4.69) is 58.3 Å². The van der Waals surface area contributed by atoms with Crippen molar-refractivity contribution in [1.82, 2.24) is 46.6 Å². The number of amides is 3. The van der Waals surface area contributed by atoms with E-state index in [9.17, 15) is 14.9 Å². The van der Waals surface area contributed by atoms with Gasteiger partial charge in [-0.3, -0.25) is 20.0 Å². The van der Waals surface area contributed by atoms with Crippen molar-refractivity contribution in [2.45, 2.75) is 108 Å². The summed E-state index contributed by atoms with van der Waals surface area (Å²) in [4.78, 5) is 33.0. The number of nitrogens with one attached hydrogen (secondary N) is 5. The Balaban J connectivity index is 1.38. The second-order valence-electron chi connectivity index (χ2n) is 13.4. The van der Waals surface area contributed by atoms with Gasteiger partial charge in [-0.05, 0) is 63.5 Å². The van der Waals surface area contributed by atoms with Crippen molar-refractivity contribution < 1.29 is 14.0 Å². The number of alkyl halides is 1. The Hall–Kier alpha value is -2.92. The molecule has 6 rings (SSSR count). The van der Waals surface area contributed by atoms with Crippen LogP contribution in [0.15, 0.2) is 24.6 Å². The molecule has 0 saturated carbocycles. The molecule has 5 fully saturated rings. The van der Waals surface area contributed by atoms with Gasteiger partial charge in [0.25, 0.3) is 0 Å². The van der Waals surface area contributed by atoms with E-state index in [-0.39, 0.29) is 54.9 Å². The molecule has 236 valence electrons. The lowest BCUT2D eigenvalue weighted by Gasteiger charge is -2.60. The zero-order chi connectivity index (χ0) is 30.4. The number of fused-ring (bicyclic) bond motifs is 5. The number of rotatable bonds is 4. The zero-order valence-electron chi connectivity index (χ0n) is 25.5. The number of nitrogens with zero attached hydrogens (tertiary/aromatic N) is 5. The fraction of sp³-hybridized carbons (Fsp3) is 0.767. The number of hydrazine groups is 2. The molecule has 0 aliphatic carbocycles. The Morgan fingerprint density at radius 3 is 2.81 bits per heavy atom. The van der Waals surface area contributed by atoms with Gasteiger partial charge in [-0.1, -0.05) is 20.4 Å². The maximum atomic E-state index is 16.3. The minimum Gasteiger partial charge on any atom is -0.332 e. The van der Waals surface area contributed by atoms with Crippen LogP contribution in [0.1, 0.15) is 59.3 Å². The predicted octanol–water partition coefficient (Wildman–Crippen LogP) is 1.29. The molecular formula is C30H47FN10O2. The highest BCUT2D eigenvalue weighted by Crippen LogP contribution is 2.41. The maximum absolute atomic E-state index is 16.3. The Morgan fingerprint density at radius 2 is 2.07 bits per heavy atom. The molecule has 43 heavy (non-hydrogen) atoms. The molecule has 10 unspecified atom stereocenters. The fourth-order valence-corrected chi connectivity index (χ4v) is 8.62. The molecule has 0 radical (unpaired) electrons. The zero-order valence-corrected chi connectivity index (χ0v) is 25.5. The van der Waals surface area contributed by atoms with E-state index in [0.717, 1.165) is 37.9 Å². The van der Waals surface area contributed by atoms with Crippen molar-refractivity contribution in [3.63, 3.8) is 0 Å². The van der Waals surface area contributed by atoms with Crippen molar-refractivity contribution in [2.75, 3.05) is 19.6 Å². The van der Waals surface area contributed by atoms with Crippen LogP contribution >= 0.6 is 0 Å². The summed E-state index contributed by atoms with van der Waals surface area (Å²) in [6, 6.07) is 1.72. The Bertz CT molecular complexity index is 1160. The quantitative estimate of drug-likeness (QED) is 0.304. The van der Waals surface area contributed by atoms with Gasteiger partial charge in [-0.25, -0.2) is 9.18 Å². The van der Waals surface area contributed by atoms with Crippen LogP contribution in [0.4, 0.5) is 9.18 Å². The predicted molar refractivity (Wildman–Crippen MR) is 159 cm³/mol. The number of piperazine rings is 1. The summed E-state index contributed by atoms with van der Waals surface area (Å²) in [6.07, 6.45) is 4.69. The number of hydrogen-bond acceptors (Lipinski definition) is 9. The summed E-state index contributed by atoms with van der Waals surface area (Å²) in [5.74, 6) is 0.178. The number of urea groups is 1. The first-order valence-electron chi connectivity index (χ1n) is 16.0. The van der Waals surface area contributed by atoms with Crippen LogP contribution in [0.5, 0.6) is 0 Å². The first-order valence-corrected chi connectivity index (χ1v) is 16.0. The SMILES string of the molecule is C=CC(=O)N1CC(C)N(C2NC(=O)N3C4NC(C(F)CC24)N2NNC=C2CCCC2CCNC(C(C)C)C23)CC1CC#N. The molecule has 6 heterocycles. The van der Waals surface area contributed by atoms with Gasteiger partial charge < -0.3 is 25.9 Å². The number of carbonyl (C=O) groups is 2. The lowest BCUT2D eigenvalue weighted by molar-refractivity contribution is -0.137. The molecule has 6 aliphatic rings. The Labute approximate surface area is 254 Å². The van der Waals surface area contributed by atoms with Crippen LogP contribution in [0.3, 0.4) is 0 Å². The van der Waals surface area contributed by atoms with E-state index in [1.807, 2.05) is 23.0 Å². The highest BCUT2D eigenvalue weighted by atomic mass is 19.1. The number of nitriles is 1. The summed E-state index contributed by atoms with van der Waals surface area (Å²) < 4.78 is 16.3. The standard InChI is InChI=1S/C30H47FN10O2/c1-5-24(42)39-15-18(4)38(16-21(39)9-11-32)27-22-13-23(31)29-35-28(22)40(30(43)36-27)26-19(10-12-33-25(26)17(2)3)7-6-8-20-14-34-37-41(20)29/h5,14,17-19,21-23,25-29,33-35,37H,1,6-10,12-13,15-16H2,2-4H3,(H,36,43). The van der Waals surface area contributed by atoms with Crippen LogP contribution in [0, 0.1) is 29.1 Å².